The molecule has 0 radical (unpaired) electrons. The first-order valence-electron chi connectivity index (χ1n) is 11.0. The molecule has 7 heteroatoms. The number of nitrogens with one attached hydrogen (secondary N) is 2. The molecule has 2 bridgehead atoms. The highest BCUT2D eigenvalue weighted by molar-refractivity contribution is 7.99. The third kappa shape index (κ3) is 4.05. The minimum absolute atomic E-state index is 0.00959. The van der Waals surface area contributed by atoms with Gasteiger partial charge in [-0.3, -0.25) is 9.59 Å². The second kappa shape index (κ2) is 8.43. The van der Waals surface area contributed by atoms with Gasteiger partial charge < -0.3 is 10.3 Å². The average molecular weight is 454 g/mol. The maximum absolute atomic E-state index is 12.9. The summed E-state index contributed by atoms with van der Waals surface area (Å²) < 4.78 is 0. The summed E-state index contributed by atoms with van der Waals surface area (Å²) >= 11 is 2.82. The fourth-order valence-corrected chi connectivity index (χ4v) is 7.34. The number of hydrogen-bond acceptors (Lipinski definition) is 5. The lowest BCUT2D eigenvalue weighted by molar-refractivity contribution is -0.119. The first kappa shape index (κ1) is 20.8. The van der Waals surface area contributed by atoms with E-state index in [1.165, 1.54) is 48.8 Å². The van der Waals surface area contributed by atoms with Crippen molar-refractivity contribution in [2.24, 2.45) is 17.8 Å². The van der Waals surface area contributed by atoms with E-state index in [2.05, 4.69) is 22.2 Å². The van der Waals surface area contributed by atoms with Gasteiger partial charge in [0, 0.05) is 16.5 Å². The van der Waals surface area contributed by atoms with Gasteiger partial charge in [-0.1, -0.05) is 48.5 Å². The first-order chi connectivity index (χ1) is 15.0. The molecule has 4 atom stereocenters. The van der Waals surface area contributed by atoms with Gasteiger partial charge in [0.05, 0.1) is 11.1 Å². The summed E-state index contributed by atoms with van der Waals surface area (Å²) in [6.07, 6.45) is 5.29. The van der Waals surface area contributed by atoms with Crippen LogP contribution in [0.15, 0.2) is 40.3 Å². The molecule has 0 unspecified atom stereocenters. The minimum Gasteiger partial charge on any atom is -0.353 e. The smallest absolute Gasteiger partial charge is 0.260 e. The van der Waals surface area contributed by atoms with E-state index in [-0.39, 0.29) is 23.3 Å². The van der Waals surface area contributed by atoms with Crippen molar-refractivity contribution in [1.82, 2.24) is 15.3 Å². The number of nitrogens with zero attached hydrogens (tertiary/aromatic N) is 1. The second-order valence-corrected chi connectivity index (χ2v) is 11.1. The molecule has 5 nitrogen and oxygen atoms in total. The van der Waals surface area contributed by atoms with E-state index < -0.39 is 0 Å². The third-order valence-electron chi connectivity index (χ3n) is 6.94. The number of hydrogen-bond donors (Lipinski definition) is 2. The highest BCUT2D eigenvalue weighted by Gasteiger charge is 2.42. The molecular formula is C24H27N3O2S2. The highest BCUT2D eigenvalue weighted by atomic mass is 32.2. The van der Waals surface area contributed by atoms with Crippen molar-refractivity contribution in [1.29, 1.82) is 0 Å². The number of aromatic nitrogens is 2. The maximum Gasteiger partial charge on any atom is 0.260 e. The van der Waals surface area contributed by atoms with E-state index in [9.17, 15) is 9.59 Å². The van der Waals surface area contributed by atoms with Crippen LogP contribution < -0.4 is 10.9 Å². The first-order valence-corrected chi connectivity index (χ1v) is 12.8. The molecule has 2 saturated carbocycles. The Kier molecular flexibility index (Phi) is 5.65. The predicted molar refractivity (Wildman–Crippen MR) is 128 cm³/mol. The number of amides is 1. The molecule has 0 saturated heterocycles. The third-order valence-corrected chi connectivity index (χ3v) is 8.81. The topological polar surface area (TPSA) is 74.8 Å². The van der Waals surface area contributed by atoms with E-state index in [1.54, 1.807) is 0 Å². The lowest BCUT2D eigenvalue weighted by atomic mass is 9.84. The fraction of sp³-hybridized carbons (Fsp3) is 0.458. The number of H-pyrrole nitrogens is 1. The molecule has 2 fully saturated rings. The fourth-order valence-electron chi connectivity index (χ4n) is 5.56. The molecular weight excluding hydrogens is 426 g/mol. The van der Waals surface area contributed by atoms with Crippen LogP contribution in [0.3, 0.4) is 0 Å². The Balaban J connectivity index is 1.28. The SMILES string of the molecule is Cc1sc2nc(SCC(=O)N[C@H](C)[C@H]3C[C@H]4CC[C@H]3C4)[nH]c(=O)c2c1-c1ccccc1. The van der Waals surface area contributed by atoms with Crippen LogP contribution in [0.4, 0.5) is 0 Å². The number of thiophene rings is 1. The molecule has 0 aliphatic heterocycles. The normalized spacial score (nSPS) is 23.4. The van der Waals surface area contributed by atoms with Crippen molar-refractivity contribution in [2.45, 2.75) is 50.7 Å². The Labute approximate surface area is 190 Å². The summed E-state index contributed by atoms with van der Waals surface area (Å²) in [4.78, 5) is 34.7. The van der Waals surface area contributed by atoms with E-state index in [0.29, 0.717) is 16.5 Å². The zero-order valence-corrected chi connectivity index (χ0v) is 19.4. The van der Waals surface area contributed by atoms with Gasteiger partial charge in [-0.15, -0.1) is 11.3 Å². The van der Waals surface area contributed by atoms with Crippen molar-refractivity contribution in [3.63, 3.8) is 0 Å². The van der Waals surface area contributed by atoms with Crippen molar-refractivity contribution in [3.05, 3.63) is 45.6 Å². The molecule has 1 aromatic carbocycles. The van der Waals surface area contributed by atoms with E-state index in [1.807, 2.05) is 37.3 Å². The standard InChI is InChI=1S/C24H27N3O2S2/c1-13(18-11-15-8-9-17(18)10-15)25-19(28)12-30-24-26-22(29)21-20(14(2)31-23(21)27-24)16-6-4-3-5-7-16/h3-7,13,15,17-18H,8-12H2,1-2H3,(H,25,28)(H,26,27,29)/t13-,15+,17+,18-/m1/s1. The second-order valence-electron chi connectivity index (χ2n) is 8.93. The van der Waals surface area contributed by atoms with E-state index in [4.69, 9.17) is 0 Å². The van der Waals surface area contributed by atoms with Crippen LogP contribution in [0, 0.1) is 24.7 Å². The molecule has 1 amide bonds. The van der Waals surface area contributed by atoms with Crippen LogP contribution in [0.25, 0.3) is 21.3 Å². The van der Waals surface area contributed by atoms with Gasteiger partial charge >= 0.3 is 0 Å². The van der Waals surface area contributed by atoms with Crippen molar-refractivity contribution in [2.75, 3.05) is 5.75 Å². The minimum atomic E-state index is -0.147. The summed E-state index contributed by atoms with van der Waals surface area (Å²) in [7, 11) is 0. The Morgan fingerprint density at radius 3 is 2.81 bits per heavy atom. The molecule has 2 N–H and O–H groups in total. The summed E-state index contributed by atoms with van der Waals surface area (Å²) in [5.74, 6) is 2.55. The van der Waals surface area contributed by atoms with Gasteiger partial charge in [0.15, 0.2) is 5.16 Å². The number of rotatable bonds is 6. The number of aryl methyl sites for hydroxylation is 1. The highest BCUT2D eigenvalue weighted by Crippen LogP contribution is 2.49. The Morgan fingerprint density at radius 2 is 2.10 bits per heavy atom. The quantitative estimate of drug-likeness (QED) is 0.407. The predicted octanol–water partition coefficient (Wildman–Crippen LogP) is 4.99. The van der Waals surface area contributed by atoms with Crippen LogP contribution in [0.5, 0.6) is 0 Å². The zero-order valence-electron chi connectivity index (χ0n) is 17.8. The Hall–Kier alpha value is -2.12. The molecule has 3 aromatic rings. The molecule has 0 spiro atoms. The van der Waals surface area contributed by atoms with Crippen LogP contribution >= 0.6 is 23.1 Å². The van der Waals surface area contributed by atoms with Gasteiger partial charge in [-0.25, -0.2) is 4.98 Å². The number of thioether (sulfide) groups is 1. The van der Waals surface area contributed by atoms with Crippen LogP contribution in [0.1, 0.15) is 37.5 Å². The van der Waals surface area contributed by atoms with E-state index in [0.717, 1.165) is 32.7 Å². The van der Waals surface area contributed by atoms with Crippen LogP contribution in [-0.2, 0) is 4.79 Å². The van der Waals surface area contributed by atoms with Gasteiger partial charge in [0.2, 0.25) is 5.91 Å². The van der Waals surface area contributed by atoms with Crippen molar-refractivity contribution in [3.8, 4) is 11.1 Å². The van der Waals surface area contributed by atoms with E-state index >= 15 is 0 Å². The van der Waals surface area contributed by atoms with Gasteiger partial charge in [0.1, 0.15) is 4.83 Å². The maximum atomic E-state index is 12.9. The number of benzene rings is 1. The molecule has 2 aromatic heterocycles. The molecule has 31 heavy (non-hydrogen) atoms. The summed E-state index contributed by atoms with van der Waals surface area (Å²) in [5.41, 5.74) is 1.82. The van der Waals surface area contributed by atoms with Gasteiger partial charge in [-0.05, 0) is 56.4 Å². The van der Waals surface area contributed by atoms with Crippen molar-refractivity contribution < 1.29 is 4.79 Å². The van der Waals surface area contributed by atoms with Crippen LogP contribution in [-0.4, -0.2) is 27.7 Å². The monoisotopic (exact) mass is 453 g/mol. The molecule has 2 aliphatic rings. The van der Waals surface area contributed by atoms with Crippen molar-refractivity contribution >= 4 is 39.2 Å². The summed E-state index contributed by atoms with van der Waals surface area (Å²) in [5, 5.41) is 4.32. The number of carbonyl (C=O) groups excluding carboxylic acids is 1. The van der Waals surface area contributed by atoms with Gasteiger partial charge in [0.25, 0.3) is 5.56 Å². The summed E-state index contributed by atoms with van der Waals surface area (Å²) in [6, 6.07) is 10.1. The Bertz CT molecular complexity index is 1170. The summed E-state index contributed by atoms with van der Waals surface area (Å²) in [6.45, 7) is 4.16. The number of fused-ring (bicyclic) bond motifs is 3. The van der Waals surface area contributed by atoms with Crippen LogP contribution in [0.2, 0.25) is 0 Å². The van der Waals surface area contributed by atoms with Gasteiger partial charge in [-0.2, -0.15) is 0 Å². The Morgan fingerprint density at radius 1 is 1.29 bits per heavy atom. The molecule has 2 aliphatic carbocycles. The number of carbonyl (C=O) groups is 1. The zero-order chi connectivity index (χ0) is 21.5. The molecule has 2 heterocycles. The lowest BCUT2D eigenvalue weighted by Crippen LogP contribution is -2.40. The average Bonchev–Trinajstić information content (AvgIpc) is 3.47. The number of aromatic amines is 1. The molecule has 5 rings (SSSR count). The lowest BCUT2D eigenvalue weighted by Gasteiger charge is -2.28. The molecule has 162 valence electrons. The largest absolute Gasteiger partial charge is 0.353 e.